The fourth-order valence-corrected chi connectivity index (χ4v) is 1.92. The Balaban J connectivity index is 2.51. The van der Waals surface area contributed by atoms with E-state index < -0.39 is 11.4 Å². The third kappa shape index (κ3) is 2.58. The van der Waals surface area contributed by atoms with Gasteiger partial charge >= 0.3 is 5.97 Å². The third-order valence-corrected chi connectivity index (χ3v) is 2.97. The van der Waals surface area contributed by atoms with E-state index in [1.807, 2.05) is 6.08 Å². The number of allylic oxidation sites excluding steroid dienone is 1. The van der Waals surface area contributed by atoms with E-state index in [0.717, 1.165) is 19.3 Å². The summed E-state index contributed by atoms with van der Waals surface area (Å²) in [5.41, 5.74) is -0.527. The van der Waals surface area contributed by atoms with Gasteiger partial charge in [0.25, 0.3) is 0 Å². The minimum absolute atomic E-state index is 0.527. The second kappa shape index (κ2) is 5.15. The highest BCUT2D eigenvalue weighted by Gasteiger charge is 2.39. The van der Waals surface area contributed by atoms with E-state index in [1.165, 1.54) is 0 Å². The lowest BCUT2D eigenvalue weighted by molar-refractivity contribution is -0.155. The number of aliphatic carboxylic acids is 1. The zero-order chi connectivity index (χ0) is 10.4. The van der Waals surface area contributed by atoms with E-state index in [2.05, 4.69) is 6.58 Å². The number of unbranched alkanes of at least 4 members (excludes halogenated alkanes) is 1. The van der Waals surface area contributed by atoms with Gasteiger partial charge in [-0.1, -0.05) is 6.08 Å². The van der Waals surface area contributed by atoms with Gasteiger partial charge in [-0.15, -0.1) is 6.58 Å². The summed E-state index contributed by atoms with van der Waals surface area (Å²) in [6.45, 7) is 4.81. The van der Waals surface area contributed by atoms with Crippen LogP contribution in [0.3, 0.4) is 0 Å². The average Bonchev–Trinajstić information content (AvgIpc) is 2.19. The number of rotatable bonds is 5. The van der Waals surface area contributed by atoms with Crippen LogP contribution in [0.5, 0.6) is 0 Å². The van der Waals surface area contributed by atoms with Crippen LogP contribution in [-0.4, -0.2) is 24.3 Å². The van der Waals surface area contributed by atoms with Crippen LogP contribution in [0, 0.1) is 5.41 Å². The van der Waals surface area contributed by atoms with Crippen LogP contribution in [0.25, 0.3) is 0 Å². The third-order valence-electron chi connectivity index (χ3n) is 2.97. The molecule has 0 aromatic carbocycles. The topological polar surface area (TPSA) is 46.5 Å². The fraction of sp³-hybridized carbons (Fsp3) is 0.727. The normalized spacial score (nSPS) is 20.3. The molecule has 1 heterocycles. The first-order chi connectivity index (χ1) is 6.71. The molecule has 0 saturated carbocycles. The molecule has 0 aliphatic carbocycles. The molecule has 1 N–H and O–H groups in total. The lowest BCUT2D eigenvalue weighted by atomic mass is 9.76. The quantitative estimate of drug-likeness (QED) is 0.544. The maximum Gasteiger partial charge on any atom is 0.309 e. The molecular formula is C11H18O3. The van der Waals surface area contributed by atoms with Crippen molar-refractivity contribution in [1.82, 2.24) is 0 Å². The second-order valence-electron chi connectivity index (χ2n) is 3.88. The van der Waals surface area contributed by atoms with Crippen molar-refractivity contribution in [3.05, 3.63) is 12.7 Å². The van der Waals surface area contributed by atoms with Gasteiger partial charge in [-0.25, -0.2) is 0 Å². The van der Waals surface area contributed by atoms with Crippen molar-refractivity contribution in [2.24, 2.45) is 5.41 Å². The molecule has 1 fully saturated rings. The zero-order valence-corrected chi connectivity index (χ0v) is 8.50. The molecular weight excluding hydrogens is 180 g/mol. The van der Waals surface area contributed by atoms with Gasteiger partial charge < -0.3 is 9.84 Å². The predicted molar refractivity (Wildman–Crippen MR) is 54.2 cm³/mol. The molecule has 0 radical (unpaired) electrons. The fourth-order valence-electron chi connectivity index (χ4n) is 1.92. The Hall–Kier alpha value is -0.830. The summed E-state index contributed by atoms with van der Waals surface area (Å²) in [6, 6.07) is 0. The van der Waals surface area contributed by atoms with Gasteiger partial charge in [0.15, 0.2) is 0 Å². The predicted octanol–water partition coefficient (Wildman–Crippen LogP) is 2.22. The molecule has 14 heavy (non-hydrogen) atoms. The van der Waals surface area contributed by atoms with Gasteiger partial charge in [0, 0.05) is 13.2 Å². The van der Waals surface area contributed by atoms with Gasteiger partial charge in [0.05, 0.1) is 5.41 Å². The summed E-state index contributed by atoms with van der Waals surface area (Å²) in [6.07, 6.45) is 5.71. The number of hydrogen-bond acceptors (Lipinski definition) is 2. The van der Waals surface area contributed by atoms with Crippen molar-refractivity contribution in [3.8, 4) is 0 Å². The van der Waals surface area contributed by atoms with E-state index in [9.17, 15) is 9.90 Å². The van der Waals surface area contributed by atoms with Crippen LogP contribution < -0.4 is 0 Å². The first kappa shape index (κ1) is 11.2. The van der Waals surface area contributed by atoms with E-state index in [0.29, 0.717) is 26.1 Å². The lowest BCUT2D eigenvalue weighted by Gasteiger charge is -2.33. The van der Waals surface area contributed by atoms with Crippen molar-refractivity contribution >= 4 is 5.97 Å². The van der Waals surface area contributed by atoms with Crippen molar-refractivity contribution in [2.45, 2.75) is 32.1 Å². The highest BCUT2D eigenvalue weighted by molar-refractivity contribution is 5.74. The van der Waals surface area contributed by atoms with Gasteiger partial charge in [-0.05, 0) is 32.1 Å². The highest BCUT2D eigenvalue weighted by Crippen LogP contribution is 2.36. The summed E-state index contributed by atoms with van der Waals surface area (Å²) in [4.78, 5) is 11.2. The minimum atomic E-state index is -0.662. The first-order valence-corrected chi connectivity index (χ1v) is 5.13. The molecule has 1 aliphatic heterocycles. The molecule has 0 spiro atoms. The number of carboxylic acids is 1. The lowest BCUT2D eigenvalue weighted by Crippen LogP contribution is -2.37. The van der Waals surface area contributed by atoms with Crippen LogP contribution in [-0.2, 0) is 9.53 Å². The molecule has 3 heteroatoms. The van der Waals surface area contributed by atoms with Crippen molar-refractivity contribution in [2.75, 3.05) is 13.2 Å². The summed E-state index contributed by atoms with van der Waals surface area (Å²) in [5, 5.41) is 9.21. The van der Waals surface area contributed by atoms with E-state index >= 15 is 0 Å². The van der Waals surface area contributed by atoms with Gasteiger partial charge in [0.1, 0.15) is 0 Å². The summed E-state index contributed by atoms with van der Waals surface area (Å²) >= 11 is 0. The maximum atomic E-state index is 11.2. The number of ether oxygens (including phenoxy) is 1. The summed E-state index contributed by atoms with van der Waals surface area (Å²) in [5.74, 6) is -0.662. The Morgan fingerprint density at radius 2 is 2.14 bits per heavy atom. The molecule has 1 saturated heterocycles. The smallest absolute Gasteiger partial charge is 0.309 e. The van der Waals surface area contributed by atoms with Gasteiger partial charge in [-0.2, -0.15) is 0 Å². The Morgan fingerprint density at radius 1 is 1.50 bits per heavy atom. The van der Waals surface area contributed by atoms with Crippen molar-refractivity contribution < 1.29 is 14.6 Å². The van der Waals surface area contributed by atoms with E-state index in [4.69, 9.17) is 4.74 Å². The molecule has 0 aromatic heterocycles. The average molecular weight is 198 g/mol. The monoisotopic (exact) mass is 198 g/mol. The Morgan fingerprint density at radius 3 is 2.64 bits per heavy atom. The molecule has 80 valence electrons. The SMILES string of the molecule is C=CCCCC1(C(=O)O)CCOCC1. The number of carbonyl (C=O) groups is 1. The van der Waals surface area contributed by atoms with Crippen molar-refractivity contribution in [1.29, 1.82) is 0 Å². The molecule has 0 unspecified atom stereocenters. The second-order valence-corrected chi connectivity index (χ2v) is 3.88. The number of carboxylic acid groups (broad SMARTS) is 1. The Bertz CT molecular complexity index is 205. The molecule has 1 aliphatic rings. The summed E-state index contributed by atoms with van der Waals surface area (Å²) in [7, 11) is 0. The van der Waals surface area contributed by atoms with Gasteiger partial charge in [0.2, 0.25) is 0 Å². The largest absolute Gasteiger partial charge is 0.481 e. The molecule has 0 amide bonds. The van der Waals surface area contributed by atoms with Gasteiger partial charge in [-0.3, -0.25) is 4.79 Å². The van der Waals surface area contributed by atoms with Crippen LogP contribution >= 0.6 is 0 Å². The van der Waals surface area contributed by atoms with Crippen LogP contribution in [0.1, 0.15) is 32.1 Å². The molecule has 0 aromatic rings. The van der Waals surface area contributed by atoms with Crippen molar-refractivity contribution in [3.63, 3.8) is 0 Å². The maximum absolute atomic E-state index is 11.2. The zero-order valence-electron chi connectivity index (χ0n) is 8.50. The van der Waals surface area contributed by atoms with Crippen LogP contribution in [0.15, 0.2) is 12.7 Å². The summed E-state index contributed by atoms with van der Waals surface area (Å²) < 4.78 is 5.20. The Kier molecular flexibility index (Phi) is 4.14. The standard InChI is InChI=1S/C11H18O3/c1-2-3-4-5-11(10(12)13)6-8-14-9-7-11/h2H,1,3-9H2,(H,12,13). The minimum Gasteiger partial charge on any atom is -0.481 e. The Labute approximate surface area is 84.8 Å². The van der Waals surface area contributed by atoms with E-state index in [1.54, 1.807) is 0 Å². The molecule has 3 nitrogen and oxygen atoms in total. The highest BCUT2D eigenvalue weighted by atomic mass is 16.5. The number of hydrogen-bond donors (Lipinski definition) is 1. The molecule has 0 atom stereocenters. The van der Waals surface area contributed by atoms with E-state index in [-0.39, 0.29) is 0 Å². The molecule has 1 rings (SSSR count). The molecule has 0 bridgehead atoms. The van der Waals surface area contributed by atoms with Crippen LogP contribution in [0.2, 0.25) is 0 Å². The van der Waals surface area contributed by atoms with Crippen LogP contribution in [0.4, 0.5) is 0 Å². The first-order valence-electron chi connectivity index (χ1n) is 5.13.